The molecule has 0 aromatic rings. The highest BCUT2D eigenvalue weighted by atomic mass is 32.1. The number of piperidine rings is 1. The molecular formula is C14H23N3OS. The van der Waals surface area contributed by atoms with E-state index in [1.54, 1.807) is 0 Å². The standard InChI is InChI=1S/C14H23N3OS/c15-13(18)10-3-5-17(6-4-10)14(19)16-12-8-9-1-2-11(12)7-9/h9-12H,1-8H2,(H2,15,18)(H,16,19)/t9-,11-,12-/m0/s1. The number of nitrogens with two attached hydrogens (primary N) is 1. The highest BCUT2D eigenvalue weighted by Gasteiger charge is 2.40. The SMILES string of the molecule is NC(=O)C1CCN(C(=S)N[C@H]2C[C@H]3CC[C@H]2C3)CC1. The van der Waals surface area contributed by atoms with Gasteiger partial charge in [-0.05, 0) is 56.2 Å². The predicted octanol–water partition coefficient (Wildman–Crippen LogP) is 1.25. The summed E-state index contributed by atoms with van der Waals surface area (Å²) in [5, 5.41) is 4.45. The lowest BCUT2D eigenvalue weighted by molar-refractivity contribution is -0.122. The average Bonchev–Trinajstić information content (AvgIpc) is 3.01. The molecule has 0 spiro atoms. The van der Waals surface area contributed by atoms with Gasteiger partial charge in [0.1, 0.15) is 0 Å². The van der Waals surface area contributed by atoms with E-state index in [2.05, 4.69) is 10.2 Å². The average molecular weight is 281 g/mol. The fourth-order valence-electron chi connectivity index (χ4n) is 4.04. The van der Waals surface area contributed by atoms with Crippen LogP contribution >= 0.6 is 12.2 Å². The van der Waals surface area contributed by atoms with Crippen LogP contribution in [0.2, 0.25) is 0 Å². The molecule has 3 rings (SSSR count). The Bertz CT molecular complexity index is 379. The fraction of sp³-hybridized carbons (Fsp3) is 0.857. The third kappa shape index (κ3) is 2.71. The van der Waals surface area contributed by atoms with Crippen molar-refractivity contribution in [2.24, 2.45) is 23.5 Å². The van der Waals surface area contributed by atoms with Gasteiger partial charge in [0, 0.05) is 25.0 Å². The molecule has 19 heavy (non-hydrogen) atoms. The molecule has 1 amide bonds. The summed E-state index contributed by atoms with van der Waals surface area (Å²) >= 11 is 5.53. The molecule has 1 heterocycles. The van der Waals surface area contributed by atoms with Crippen molar-refractivity contribution in [2.45, 2.75) is 44.6 Å². The van der Waals surface area contributed by atoms with E-state index in [4.69, 9.17) is 18.0 Å². The smallest absolute Gasteiger partial charge is 0.220 e. The lowest BCUT2D eigenvalue weighted by Crippen LogP contribution is -2.50. The van der Waals surface area contributed by atoms with Crippen LogP contribution < -0.4 is 11.1 Å². The molecule has 4 nitrogen and oxygen atoms in total. The predicted molar refractivity (Wildman–Crippen MR) is 78.5 cm³/mol. The van der Waals surface area contributed by atoms with Gasteiger partial charge < -0.3 is 16.0 Å². The van der Waals surface area contributed by atoms with E-state index in [1.807, 2.05) is 0 Å². The minimum Gasteiger partial charge on any atom is -0.369 e. The largest absolute Gasteiger partial charge is 0.369 e. The first-order valence-electron chi connectivity index (χ1n) is 7.48. The summed E-state index contributed by atoms with van der Waals surface area (Å²) < 4.78 is 0. The molecule has 3 atom stereocenters. The van der Waals surface area contributed by atoms with Gasteiger partial charge in [-0.25, -0.2) is 0 Å². The van der Waals surface area contributed by atoms with Crippen LogP contribution in [0.3, 0.4) is 0 Å². The van der Waals surface area contributed by atoms with E-state index in [0.717, 1.165) is 42.9 Å². The van der Waals surface area contributed by atoms with Crippen LogP contribution in [0.25, 0.3) is 0 Å². The molecule has 106 valence electrons. The Morgan fingerprint density at radius 3 is 2.42 bits per heavy atom. The molecule has 3 fully saturated rings. The van der Waals surface area contributed by atoms with Crippen LogP contribution in [0.15, 0.2) is 0 Å². The molecule has 2 bridgehead atoms. The maximum absolute atomic E-state index is 11.2. The molecule has 1 saturated heterocycles. The summed E-state index contributed by atoms with van der Waals surface area (Å²) in [7, 11) is 0. The molecule has 0 unspecified atom stereocenters. The Morgan fingerprint density at radius 1 is 1.16 bits per heavy atom. The van der Waals surface area contributed by atoms with Crippen molar-refractivity contribution in [2.75, 3.05) is 13.1 Å². The lowest BCUT2D eigenvalue weighted by Gasteiger charge is -2.35. The number of likely N-dealkylation sites (tertiary alicyclic amines) is 1. The van der Waals surface area contributed by atoms with Crippen LogP contribution in [-0.4, -0.2) is 35.1 Å². The van der Waals surface area contributed by atoms with Gasteiger partial charge in [-0.15, -0.1) is 0 Å². The minimum absolute atomic E-state index is 0.0431. The number of hydrogen-bond acceptors (Lipinski definition) is 2. The summed E-state index contributed by atoms with van der Waals surface area (Å²) in [4.78, 5) is 13.4. The molecular weight excluding hydrogens is 258 g/mol. The third-order valence-electron chi connectivity index (χ3n) is 5.23. The normalized spacial score (nSPS) is 34.5. The summed E-state index contributed by atoms with van der Waals surface area (Å²) in [6.07, 6.45) is 7.16. The van der Waals surface area contributed by atoms with Gasteiger partial charge in [-0.3, -0.25) is 4.79 Å². The number of hydrogen-bond donors (Lipinski definition) is 2. The van der Waals surface area contributed by atoms with Gasteiger partial charge in [-0.1, -0.05) is 6.42 Å². The zero-order valence-electron chi connectivity index (χ0n) is 11.3. The summed E-state index contributed by atoms with van der Waals surface area (Å²) in [5.74, 6) is 1.66. The monoisotopic (exact) mass is 281 g/mol. The zero-order chi connectivity index (χ0) is 13.4. The molecule has 3 N–H and O–H groups in total. The quantitative estimate of drug-likeness (QED) is 0.748. The van der Waals surface area contributed by atoms with E-state index >= 15 is 0 Å². The second kappa shape index (κ2) is 5.27. The summed E-state index contributed by atoms with van der Waals surface area (Å²) in [5.41, 5.74) is 5.36. The van der Waals surface area contributed by atoms with Gasteiger partial charge in [0.05, 0.1) is 0 Å². The Balaban J connectivity index is 1.48. The number of primary amides is 1. The van der Waals surface area contributed by atoms with Crippen LogP contribution in [0.4, 0.5) is 0 Å². The molecule has 2 saturated carbocycles. The minimum atomic E-state index is -0.161. The van der Waals surface area contributed by atoms with Crippen LogP contribution in [-0.2, 0) is 4.79 Å². The number of rotatable bonds is 2. The number of nitrogens with one attached hydrogen (secondary N) is 1. The lowest BCUT2D eigenvalue weighted by atomic mass is 9.95. The topological polar surface area (TPSA) is 58.4 Å². The number of carbonyl (C=O) groups is 1. The molecule has 0 aromatic carbocycles. The number of nitrogens with zero attached hydrogens (tertiary/aromatic N) is 1. The number of amides is 1. The highest BCUT2D eigenvalue weighted by Crippen LogP contribution is 2.44. The zero-order valence-corrected chi connectivity index (χ0v) is 12.1. The first kappa shape index (κ1) is 13.2. The van der Waals surface area contributed by atoms with Crippen molar-refractivity contribution in [3.63, 3.8) is 0 Å². The van der Waals surface area contributed by atoms with Gasteiger partial charge in [0.15, 0.2) is 5.11 Å². The van der Waals surface area contributed by atoms with Gasteiger partial charge >= 0.3 is 0 Å². The van der Waals surface area contributed by atoms with E-state index in [0.29, 0.717) is 6.04 Å². The Kier molecular flexibility index (Phi) is 3.65. The number of thiocarbonyl (C=S) groups is 1. The highest BCUT2D eigenvalue weighted by molar-refractivity contribution is 7.80. The molecule has 3 aliphatic rings. The Morgan fingerprint density at radius 2 is 1.89 bits per heavy atom. The maximum atomic E-state index is 11.2. The van der Waals surface area contributed by atoms with Crippen molar-refractivity contribution in [1.82, 2.24) is 10.2 Å². The van der Waals surface area contributed by atoms with E-state index < -0.39 is 0 Å². The van der Waals surface area contributed by atoms with Gasteiger partial charge in [-0.2, -0.15) is 0 Å². The number of carbonyl (C=O) groups excluding carboxylic acids is 1. The maximum Gasteiger partial charge on any atom is 0.220 e. The molecule has 0 aromatic heterocycles. The molecule has 2 aliphatic carbocycles. The number of fused-ring (bicyclic) bond motifs is 2. The molecule has 5 heteroatoms. The first-order chi connectivity index (χ1) is 9.13. The van der Waals surface area contributed by atoms with Crippen molar-refractivity contribution in [3.8, 4) is 0 Å². The third-order valence-corrected chi connectivity index (χ3v) is 5.61. The van der Waals surface area contributed by atoms with Crippen LogP contribution in [0.5, 0.6) is 0 Å². The van der Waals surface area contributed by atoms with Crippen molar-refractivity contribution in [1.29, 1.82) is 0 Å². The van der Waals surface area contributed by atoms with Crippen LogP contribution in [0.1, 0.15) is 38.5 Å². The van der Waals surface area contributed by atoms with Crippen LogP contribution in [0, 0.1) is 17.8 Å². The second-order valence-corrected chi connectivity index (χ2v) is 6.78. The van der Waals surface area contributed by atoms with E-state index in [1.165, 1.54) is 25.7 Å². The summed E-state index contributed by atoms with van der Waals surface area (Å²) in [6.45, 7) is 1.72. The van der Waals surface area contributed by atoms with Gasteiger partial charge in [0.2, 0.25) is 5.91 Å². The first-order valence-corrected chi connectivity index (χ1v) is 7.89. The van der Waals surface area contributed by atoms with E-state index in [9.17, 15) is 4.79 Å². The second-order valence-electron chi connectivity index (χ2n) is 6.39. The molecule has 0 radical (unpaired) electrons. The Labute approximate surface area is 120 Å². The van der Waals surface area contributed by atoms with Crippen molar-refractivity contribution in [3.05, 3.63) is 0 Å². The van der Waals surface area contributed by atoms with E-state index in [-0.39, 0.29) is 11.8 Å². The fourth-order valence-corrected chi connectivity index (χ4v) is 4.37. The summed E-state index contributed by atoms with van der Waals surface area (Å²) in [6, 6.07) is 0.597. The molecule has 1 aliphatic heterocycles. The van der Waals surface area contributed by atoms with Crippen molar-refractivity contribution < 1.29 is 4.79 Å². The van der Waals surface area contributed by atoms with Gasteiger partial charge in [0.25, 0.3) is 0 Å². The van der Waals surface area contributed by atoms with Crippen molar-refractivity contribution >= 4 is 23.2 Å². The Hall–Kier alpha value is -0.840.